The maximum atomic E-state index is 10.6. The number of hydrogen-bond donors (Lipinski definition) is 1. The Morgan fingerprint density at radius 1 is 1.47 bits per heavy atom. The van der Waals surface area contributed by atoms with E-state index in [-0.39, 0.29) is 16.0 Å². The Balaban J connectivity index is 2.51. The zero-order chi connectivity index (χ0) is 11.2. The predicted molar refractivity (Wildman–Crippen MR) is 59.2 cm³/mol. The molecule has 15 heavy (non-hydrogen) atoms. The summed E-state index contributed by atoms with van der Waals surface area (Å²) in [5.41, 5.74) is 2.22. The molecule has 1 aliphatic rings. The third kappa shape index (κ3) is 1.37. The molecule has 4 nitrogen and oxygen atoms in total. The third-order valence-electron chi connectivity index (χ3n) is 3.36. The summed E-state index contributed by atoms with van der Waals surface area (Å²) >= 11 is 0. The number of rotatable bonds is 1. The summed E-state index contributed by atoms with van der Waals surface area (Å²) in [5.74, 6) is 0. The van der Waals surface area contributed by atoms with Gasteiger partial charge in [-0.2, -0.15) is 0 Å². The van der Waals surface area contributed by atoms with E-state index in [9.17, 15) is 10.1 Å². The highest BCUT2D eigenvalue weighted by atomic mass is 16.6. The van der Waals surface area contributed by atoms with Crippen LogP contribution in [0, 0.1) is 10.1 Å². The summed E-state index contributed by atoms with van der Waals surface area (Å²) in [6.45, 7) is 6.37. The Kier molecular flexibility index (Phi) is 1.96. The van der Waals surface area contributed by atoms with E-state index in [1.54, 1.807) is 12.1 Å². The molecule has 1 unspecified atom stereocenters. The fourth-order valence-corrected chi connectivity index (χ4v) is 1.97. The average Bonchev–Trinajstić information content (AvgIpc) is 2.38. The molecular weight excluding hydrogens is 192 g/mol. The molecule has 0 fully saturated rings. The monoisotopic (exact) mass is 206 g/mol. The van der Waals surface area contributed by atoms with E-state index < -0.39 is 0 Å². The van der Waals surface area contributed by atoms with Crippen molar-refractivity contribution in [3.8, 4) is 0 Å². The van der Waals surface area contributed by atoms with Crippen LogP contribution in [0.2, 0.25) is 0 Å². The Hall–Kier alpha value is -1.58. The largest absolute Gasteiger partial charge is 0.381 e. The molecule has 0 saturated heterocycles. The second kappa shape index (κ2) is 2.95. The van der Waals surface area contributed by atoms with Crippen LogP contribution in [-0.4, -0.2) is 11.0 Å². The fraction of sp³-hybridized carbons (Fsp3) is 0.455. The summed E-state index contributed by atoms with van der Waals surface area (Å²) in [4.78, 5) is 10.3. The van der Waals surface area contributed by atoms with Gasteiger partial charge in [-0.1, -0.05) is 13.8 Å². The van der Waals surface area contributed by atoms with Gasteiger partial charge in [0.1, 0.15) is 0 Å². The van der Waals surface area contributed by atoms with E-state index in [1.807, 2.05) is 6.07 Å². The topological polar surface area (TPSA) is 55.2 Å². The second-order valence-electron chi connectivity index (χ2n) is 4.57. The molecule has 1 atom stereocenters. The molecule has 0 spiro atoms. The van der Waals surface area contributed by atoms with Crippen LogP contribution in [0.3, 0.4) is 0 Å². The molecule has 1 aromatic carbocycles. The number of hydrogen-bond acceptors (Lipinski definition) is 3. The lowest BCUT2D eigenvalue weighted by Crippen LogP contribution is -2.29. The molecule has 0 radical (unpaired) electrons. The minimum atomic E-state index is -0.363. The molecule has 0 bridgehead atoms. The number of nitro benzene ring substituents is 1. The van der Waals surface area contributed by atoms with Crippen molar-refractivity contribution in [2.45, 2.75) is 32.2 Å². The van der Waals surface area contributed by atoms with Crippen LogP contribution in [0.4, 0.5) is 11.4 Å². The molecule has 4 heteroatoms. The average molecular weight is 206 g/mol. The first-order valence-electron chi connectivity index (χ1n) is 4.98. The van der Waals surface area contributed by atoms with Crippen molar-refractivity contribution in [2.75, 3.05) is 5.32 Å². The SMILES string of the molecule is CC1Nc2cc([N+](=O)[O-])ccc2C1(C)C. The first kappa shape index (κ1) is 9.96. The molecule has 1 N–H and O–H groups in total. The lowest BCUT2D eigenvalue weighted by molar-refractivity contribution is -0.384. The van der Waals surface area contributed by atoms with Crippen molar-refractivity contribution in [3.63, 3.8) is 0 Å². The van der Waals surface area contributed by atoms with Crippen molar-refractivity contribution in [1.82, 2.24) is 0 Å². The molecule has 1 heterocycles. The zero-order valence-electron chi connectivity index (χ0n) is 9.07. The number of fused-ring (bicyclic) bond motifs is 1. The van der Waals surface area contributed by atoms with Gasteiger partial charge >= 0.3 is 0 Å². The Morgan fingerprint density at radius 2 is 2.13 bits per heavy atom. The summed E-state index contributed by atoms with van der Waals surface area (Å²) < 4.78 is 0. The normalized spacial score (nSPS) is 21.9. The number of nitrogens with zero attached hydrogens (tertiary/aromatic N) is 1. The van der Waals surface area contributed by atoms with Crippen LogP contribution >= 0.6 is 0 Å². The van der Waals surface area contributed by atoms with E-state index in [1.165, 1.54) is 0 Å². The van der Waals surface area contributed by atoms with Crippen LogP contribution in [-0.2, 0) is 5.41 Å². The lowest BCUT2D eigenvalue weighted by atomic mass is 9.81. The van der Waals surface area contributed by atoms with Gasteiger partial charge in [0, 0.05) is 29.3 Å². The molecular formula is C11H14N2O2. The van der Waals surface area contributed by atoms with Crippen molar-refractivity contribution in [2.24, 2.45) is 0 Å². The second-order valence-corrected chi connectivity index (χ2v) is 4.57. The van der Waals surface area contributed by atoms with Crippen LogP contribution < -0.4 is 5.32 Å². The van der Waals surface area contributed by atoms with E-state index in [0.29, 0.717) is 6.04 Å². The molecule has 80 valence electrons. The number of anilines is 1. The molecule has 2 rings (SSSR count). The highest BCUT2D eigenvalue weighted by Crippen LogP contribution is 2.41. The predicted octanol–water partition coefficient (Wildman–Crippen LogP) is 2.69. The van der Waals surface area contributed by atoms with E-state index in [0.717, 1.165) is 11.3 Å². The maximum Gasteiger partial charge on any atom is 0.271 e. The fourth-order valence-electron chi connectivity index (χ4n) is 1.97. The Bertz CT molecular complexity index is 427. The summed E-state index contributed by atoms with van der Waals surface area (Å²) in [7, 11) is 0. The molecule has 1 aliphatic heterocycles. The molecule has 0 saturated carbocycles. The van der Waals surface area contributed by atoms with Gasteiger partial charge in [0.2, 0.25) is 0 Å². The van der Waals surface area contributed by atoms with Gasteiger partial charge in [0.05, 0.1) is 4.92 Å². The van der Waals surface area contributed by atoms with E-state index in [2.05, 4.69) is 26.1 Å². The highest BCUT2D eigenvalue weighted by Gasteiger charge is 2.36. The van der Waals surface area contributed by atoms with Gasteiger partial charge in [-0.3, -0.25) is 10.1 Å². The summed E-state index contributed by atoms with van der Waals surface area (Å²) in [6.07, 6.45) is 0. The van der Waals surface area contributed by atoms with Gasteiger partial charge in [-0.15, -0.1) is 0 Å². The minimum absolute atomic E-state index is 0.0322. The minimum Gasteiger partial charge on any atom is -0.381 e. The van der Waals surface area contributed by atoms with Crippen LogP contribution in [0.25, 0.3) is 0 Å². The summed E-state index contributed by atoms with van der Waals surface area (Å²) in [5, 5.41) is 13.9. The summed E-state index contributed by atoms with van der Waals surface area (Å²) in [6, 6.07) is 5.33. The number of nitro groups is 1. The van der Waals surface area contributed by atoms with E-state index >= 15 is 0 Å². The van der Waals surface area contributed by atoms with Gasteiger partial charge < -0.3 is 5.32 Å². The maximum absolute atomic E-state index is 10.6. The van der Waals surface area contributed by atoms with Crippen LogP contribution in [0.15, 0.2) is 18.2 Å². The van der Waals surface area contributed by atoms with Crippen molar-refractivity contribution in [1.29, 1.82) is 0 Å². The number of benzene rings is 1. The van der Waals surface area contributed by atoms with Crippen LogP contribution in [0.1, 0.15) is 26.3 Å². The van der Waals surface area contributed by atoms with Crippen molar-refractivity contribution < 1.29 is 4.92 Å². The molecule has 0 aliphatic carbocycles. The van der Waals surface area contributed by atoms with Gasteiger partial charge in [-0.05, 0) is 18.6 Å². The Morgan fingerprint density at radius 3 is 2.73 bits per heavy atom. The van der Waals surface area contributed by atoms with Crippen LogP contribution in [0.5, 0.6) is 0 Å². The molecule has 0 aromatic heterocycles. The molecule has 1 aromatic rings. The highest BCUT2D eigenvalue weighted by molar-refractivity contribution is 5.65. The van der Waals surface area contributed by atoms with E-state index in [4.69, 9.17) is 0 Å². The number of nitrogens with one attached hydrogen (secondary N) is 1. The van der Waals surface area contributed by atoms with Crippen molar-refractivity contribution >= 4 is 11.4 Å². The number of non-ortho nitro benzene ring substituents is 1. The Labute approximate surface area is 88.5 Å². The van der Waals surface area contributed by atoms with Crippen molar-refractivity contribution in [3.05, 3.63) is 33.9 Å². The van der Waals surface area contributed by atoms with Gasteiger partial charge in [0.15, 0.2) is 0 Å². The van der Waals surface area contributed by atoms with Gasteiger partial charge in [0.25, 0.3) is 5.69 Å². The zero-order valence-corrected chi connectivity index (χ0v) is 9.07. The smallest absolute Gasteiger partial charge is 0.271 e. The molecule has 0 amide bonds. The standard InChI is InChI=1S/C11H14N2O2/c1-7-11(2,3)9-5-4-8(13(14)15)6-10(9)12-7/h4-7,12H,1-3H3. The lowest BCUT2D eigenvalue weighted by Gasteiger charge is -2.23. The quantitative estimate of drug-likeness (QED) is 0.567. The first-order chi connectivity index (χ1) is 6.93. The third-order valence-corrected chi connectivity index (χ3v) is 3.36. The first-order valence-corrected chi connectivity index (χ1v) is 4.98. The van der Waals surface area contributed by atoms with Gasteiger partial charge in [-0.25, -0.2) is 0 Å².